The monoisotopic (exact) mass is 351 g/mol. The fraction of sp³-hybridized carbons (Fsp3) is 0.778. The van der Waals surface area contributed by atoms with Crippen LogP contribution in [0.4, 0.5) is 0 Å². The SMILES string of the molecule is CCNC(=NCc1nccn1CC(C)C)NCCCOC1CCOC1. The third-order valence-electron chi connectivity index (χ3n) is 3.94. The summed E-state index contributed by atoms with van der Waals surface area (Å²) < 4.78 is 13.3. The largest absolute Gasteiger partial charge is 0.379 e. The summed E-state index contributed by atoms with van der Waals surface area (Å²) in [5.74, 6) is 2.41. The van der Waals surface area contributed by atoms with Crippen LogP contribution in [0, 0.1) is 5.92 Å². The Kier molecular flexibility index (Phi) is 8.76. The number of nitrogens with zero attached hydrogens (tertiary/aromatic N) is 3. The Hall–Kier alpha value is -1.60. The predicted octanol–water partition coefficient (Wildman–Crippen LogP) is 1.79. The number of ether oxygens (including phenoxy) is 2. The zero-order valence-electron chi connectivity index (χ0n) is 15.8. The minimum absolute atomic E-state index is 0.279. The van der Waals surface area contributed by atoms with Crippen molar-refractivity contribution in [3.63, 3.8) is 0 Å². The average Bonchev–Trinajstić information content (AvgIpc) is 3.23. The number of hydrogen-bond acceptors (Lipinski definition) is 4. The molecule has 1 saturated heterocycles. The Bertz CT molecular complexity index is 509. The number of aliphatic imine (C=N–C) groups is 1. The van der Waals surface area contributed by atoms with Gasteiger partial charge in [-0.05, 0) is 25.7 Å². The molecule has 7 nitrogen and oxygen atoms in total. The van der Waals surface area contributed by atoms with Crippen molar-refractivity contribution in [2.45, 2.75) is 52.8 Å². The highest BCUT2D eigenvalue weighted by Crippen LogP contribution is 2.08. The van der Waals surface area contributed by atoms with Gasteiger partial charge in [0.05, 0.1) is 12.7 Å². The molecule has 0 bridgehead atoms. The number of guanidine groups is 1. The molecule has 0 spiro atoms. The van der Waals surface area contributed by atoms with Crippen LogP contribution in [0.25, 0.3) is 0 Å². The van der Waals surface area contributed by atoms with Crippen LogP contribution in [0.15, 0.2) is 17.4 Å². The summed E-state index contributed by atoms with van der Waals surface area (Å²) in [6, 6.07) is 0. The molecular weight excluding hydrogens is 318 g/mol. The van der Waals surface area contributed by atoms with Crippen LogP contribution in [0.5, 0.6) is 0 Å². The van der Waals surface area contributed by atoms with Gasteiger partial charge in [0.15, 0.2) is 5.96 Å². The maximum atomic E-state index is 5.78. The second kappa shape index (κ2) is 11.1. The summed E-state index contributed by atoms with van der Waals surface area (Å²) in [6.45, 7) is 12.0. The molecule has 1 aromatic rings. The summed E-state index contributed by atoms with van der Waals surface area (Å²) in [4.78, 5) is 9.07. The zero-order valence-corrected chi connectivity index (χ0v) is 15.8. The van der Waals surface area contributed by atoms with Crippen LogP contribution in [-0.2, 0) is 22.6 Å². The van der Waals surface area contributed by atoms with Gasteiger partial charge in [0, 0.05) is 45.2 Å². The van der Waals surface area contributed by atoms with Gasteiger partial charge in [-0.3, -0.25) is 0 Å². The van der Waals surface area contributed by atoms with Crippen LogP contribution in [0.2, 0.25) is 0 Å². The zero-order chi connectivity index (χ0) is 17.9. The maximum Gasteiger partial charge on any atom is 0.191 e. The Morgan fingerprint density at radius 3 is 3.08 bits per heavy atom. The van der Waals surface area contributed by atoms with E-state index in [9.17, 15) is 0 Å². The van der Waals surface area contributed by atoms with Gasteiger partial charge >= 0.3 is 0 Å². The first-order valence-corrected chi connectivity index (χ1v) is 9.40. The van der Waals surface area contributed by atoms with Crippen molar-refractivity contribution in [3.05, 3.63) is 18.2 Å². The van der Waals surface area contributed by atoms with Crippen molar-refractivity contribution in [3.8, 4) is 0 Å². The van der Waals surface area contributed by atoms with Crippen molar-refractivity contribution in [2.75, 3.05) is 32.9 Å². The molecule has 1 aromatic heterocycles. The molecule has 0 aliphatic carbocycles. The van der Waals surface area contributed by atoms with Gasteiger partial charge in [0.2, 0.25) is 0 Å². The molecule has 1 atom stereocenters. The van der Waals surface area contributed by atoms with Gasteiger partial charge < -0.3 is 24.7 Å². The van der Waals surface area contributed by atoms with E-state index in [0.29, 0.717) is 12.5 Å². The van der Waals surface area contributed by atoms with E-state index in [0.717, 1.165) is 64.1 Å². The van der Waals surface area contributed by atoms with E-state index in [1.165, 1.54) is 0 Å². The molecule has 1 unspecified atom stereocenters. The first kappa shape index (κ1) is 19.7. The van der Waals surface area contributed by atoms with Crippen LogP contribution in [-0.4, -0.2) is 54.5 Å². The summed E-state index contributed by atoms with van der Waals surface area (Å²) in [5.41, 5.74) is 0. The highest BCUT2D eigenvalue weighted by Gasteiger charge is 2.15. The third kappa shape index (κ3) is 7.44. The van der Waals surface area contributed by atoms with E-state index < -0.39 is 0 Å². The van der Waals surface area contributed by atoms with Crippen LogP contribution in [0.1, 0.15) is 39.4 Å². The van der Waals surface area contributed by atoms with Crippen molar-refractivity contribution >= 4 is 5.96 Å². The number of aromatic nitrogens is 2. The Labute approximate surface area is 151 Å². The van der Waals surface area contributed by atoms with Crippen LogP contribution < -0.4 is 10.6 Å². The first-order valence-electron chi connectivity index (χ1n) is 9.40. The van der Waals surface area contributed by atoms with Crippen LogP contribution >= 0.6 is 0 Å². The van der Waals surface area contributed by atoms with Gasteiger partial charge in [-0.1, -0.05) is 13.8 Å². The number of nitrogens with one attached hydrogen (secondary N) is 2. The lowest BCUT2D eigenvalue weighted by atomic mass is 10.2. The Morgan fingerprint density at radius 1 is 1.48 bits per heavy atom. The molecule has 142 valence electrons. The fourth-order valence-corrected chi connectivity index (χ4v) is 2.72. The molecule has 0 aromatic carbocycles. The summed E-state index contributed by atoms with van der Waals surface area (Å²) in [7, 11) is 0. The number of rotatable bonds is 10. The molecule has 0 saturated carbocycles. The van der Waals surface area contributed by atoms with Gasteiger partial charge in [-0.25, -0.2) is 9.98 Å². The topological polar surface area (TPSA) is 72.7 Å². The first-order chi connectivity index (χ1) is 12.2. The second-order valence-electron chi connectivity index (χ2n) is 6.72. The van der Waals surface area contributed by atoms with Crippen molar-refractivity contribution in [1.82, 2.24) is 20.2 Å². The lowest BCUT2D eigenvalue weighted by Gasteiger charge is -2.13. The molecule has 0 amide bonds. The van der Waals surface area contributed by atoms with Crippen molar-refractivity contribution < 1.29 is 9.47 Å². The number of imidazole rings is 1. The van der Waals surface area contributed by atoms with E-state index in [-0.39, 0.29) is 6.10 Å². The maximum absolute atomic E-state index is 5.78. The summed E-state index contributed by atoms with van der Waals surface area (Å²) >= 11 is 0. The average molecular weight is 351 g/mol. The molecule has 1 aliphatic rings. The van der Waals surface area contributed by atoms with E-state index in [1.807, 2.05) is 12.4 Å². The molecule has 2 rings (SSSR count). The predicted molar refractivity (Wildman–Crippen MR) is 99.7 cm³/mol. The Morgan fingerprint density at radius 2 is 2.36 bits per heavy atom. The fourth-order valence-electron chi connectivity index (χ4n) is 2.72. The number of hydrogen-bond donors (Lipinski definition) is 2. The third-order valence-corrected chi connectivity index (χ3v) is 3.94. The van der Waals surface area contributed by atoms with E-state index in [1.54, 1.807) is 0 Å². The highest BCUT2D eigenvalue weighted by molar-refractivity contribution is 5.79. The lowest BCUT2D eigenvalue weighted by molar-refractivity contribution is 0.0420. The van der Waals surface area contributed by atoms with Gasteiger partial charge in [-0.2, -0.15) is 0 Å². The minimum atomic E-state index is 0.279. The summed E-state index contributed by atoms with van der Waals surface area (Å²) in [6.07, 6.45) is 6.11. The minimum Gasteiger partial charge on any atom is -0.379 e. The smallest absolute Gasteiger partial charge is 0.191 e. The van der Waals surface area contributed by atoms with Crippen molar-refractivity contribution in [2.24, 2.45) is 10.9 Å². The molecule has 1 aliphatic heterocycles. The normalized spacial score (nSPS) is 18.1. The quantitative estimate of drug-likeness (QED) is 0.382. The molecule has 7 heteroatoms. The standard InChI is InChI=1S/C18H33N5O2/c1-4-19-18(21-7-5-10-25-16-6-11-24-14-16)22-12-17-20-8-9-23(17)13-15(2)3/h8-9,15-16H,4-7,10-14H2,1-3H3,(H2,19,21,22). The van der Waals surface area contributed by atoms with Gasteiger partial charge in [-0.15, -0.1) is 0 Å². The molecule has 25 heavy (non-hydrogen) atoms. The molecule has 0 radical (unpaired) electrons. The molecule has 2 N–H and O–H groups in total. The Balaban J connectivity index is 1.73. The van der Waals surface area contributed by atoms with Gasteiger partial charge in [0.25, 0.3) is 0 Å². The summed E-state index contributed by atoms with van der Waals surface area (Å²) in [5, 5.41) is 6.64. The van der Waals surface area contributed by atoms with Gasteiger partial charge in [0.1, 0.15) is 12.4 Å². The molecular formula is C18H33N5O2. The molecule has 2 heterocycles. The van der Waals surface area contributed by atoms with Crippen molar-refractivity contribution in [1.29, 1.82) is 0 Å². The van der Waals surface area contributed by atoms with E-state index in [4.69, 9.17) is 9.47 Å². The molecule has 1 fully saturated rings. The van der Waals surface area contributed by atoms with E-state index >= 15 is 0 Å². The second-order valence-corrected chi connectivity index (χ2v) is 6.72. The van der Waals surface area contributed by atoms with Crippen LogP contribution in [0.3, 0.4) is 0 Å². The highest BCUT2D eigenvalue weighted by atomic mass is 16.5. The lowest BCUT2D eigenvalue weighted by Crippen LogP contribution is -2.38. The van der Waals surface area contributed by atoms with E-state index in [2.05, 4.69) is 45.9 Å².